The molecule has 0 amide bonds. The summed E-state index contributed by atoms with van der Waals surface area (Å²) in [5.41, 5.74) is 0.710. The Morgan fingerprint density at radius 2 is 1.85 bits per heavy atom. The Labute approximate surface area is 172 Å². The SMILES string of the molecule is CC(C)Cn1c(SC(C)C(=O)c2ccc(Br)cc2)nnc1N1CCOCC1. The number of halogens is 1. The predicted molar refractivity (Wildman–Crippen MR) is 112 cm³/mol. The van der Waals surface area contributed by atoms with Crippen LogP contribution in [0.1, 0.15) is 31.1 Å². The van der Waals surface area contributed by atoms with Gasteiger partial charge in [0.05, 0.1) is 18.5 Å². The Morgan fingerprint density at radius 1 is 1.19 bits per heavy atom. The third kappa shape index (κ3) is 5.12. The highest BCUT2D eigenvalue weighted by Gasteiger charge is 2.24. The molecule has 1 unspecified atom stereocenters. The maximum atomic E-state index is 12.8. The van der Waals surface area contributed by atoms with Gasteiger partial charge in [0.15, 0.2) is 10.9 Å². The van der Waals surface area contributed by atoms with Crippen molar-refractivity contribution in [2.45, 2.75) is 37.7 Å². The molecule has 0 aliphatic carbocycles. The van der Waals surface area contributed by atoms with Crippen LogP contribution >= 0.6 is 27.7 Å². The smallest absolute Gasteiger partial charge is 0.228 e. The second kappa shape index (κ2) is 9.21. The van der Waals surface area contributed by atoms with Gasteiger partial charge in [-0.05, 0) is 25.0 Å². The van der Waals surface area contributed by atoms with Gasteiger partial charge in [0.1, 0.15) is 0 Å². The van der Waals surface area contributed by atoms with Crippen LogP contribution in [-0.4, -0.2) is 52.1 Å². The fourth-order valence-corrected chi connectivity index (χ4v) is 4.15. The fourth-order valence-electron chi connectivity index (χ4n) is 2.95. The largest absolute Gasteiger partial charge is 0.378 e. The quantitative estimate of drug-likeness (QED) is 0.468. The monoisotopic (exact) mass is 452 g/mol. The normalized spacial score (nSPS) is 16.0. The minimum absolute atomic E-state index is 0.0968. The molecule has 27 heavy (non-hydrogen) atoms. The standard InChI is InChI=1S/C19H25BrN4O2S/c1-13(2)12-24-18(23-8-10-26-11-9-23)21-22-19(24)27-14(3)17(25)15-4-6-16(20)7-5-15/h4-7,13-14H,8-12H2,1-3H3. The van der Waals surface area contributed by atoms with E-state index in [1.54, 1.807) is 0 Å². The van der Waals surface area contributed by atoms with Crippen LogP contribution < -0.4 is 4.90 Å². The maximum absolute atomic E-state index is 12.8. The molecule has 2 aromatic rings. The first-order valence-corrected chi connectivity index (χ1v) is 10.8. The van der Waals surface area contributed by atoms with Crippen molar-refractivity contribution < 1.29 is 9.53 Å². The third-order valence-corrected chi connectivity index (χ3v) is 5.93. The van der Waals surface area contributed by atoms with Gasteiger partial charge in [-0.2, -0.15) is 0 Å². The van der Waals surface area contributed by atoms with Gasteiger partial charge in [0.2, 0.25) is 5.95 Å². The Balaban J connectivity index is 1.79. The number of ether oxygens (including phenoxy) is 1. The number of carbonyl (C=O) groups excluding carboxylic acids is 1. The molecule has 146 valence electrons. The van der Waals surface area contributed by atoms with E-state index in [-0.39, 0.29) is 11.0 Å². The highest BCUT2D eigenvalue weighted by Crippen LogP contribution is 2.29. The van der Waals surface area contributed by atoms with E-state index in [1.165, 1.54) is 11.8 Å². The number of aromatic nitrogens is 3. The third-order valence-electron chi connectivity index (χ3n) is 4.32. The highest BCUT2D eigenvalue weighted by molar-refractivity contribution is 9.10. The number of hydrogen-bond acceptors (Lipinski definition) is 6. The number of Topliss-reactive ketones (excluding diaryl/α,β-unsaturated/α-hetero) is 1. The zero-order valence-electron chi connectivity index (χ0n) is 15.9. The lowest BCUT2D eigenvalue weighted by Crippen LogP contribution is -2.38. The van der Waals surface area contributed by atoms with Gasteiger partial charge < -0.3 is 9.64 Å². The molecule has 2 heterocycles. The Bertz CT molecular complexity index is 773. The zero-order valence-corrected chi connectivity index (χ0v) is 18.3. The van der Waals surface area contributed by atoms with E-state index >= 15 is 0 Å². The summed E-state index contributed by atoms with van der Waals surface area (Å²) >= 11 is 4.88. The number of hydrogen-bond donors (Lipinski definition) is 0. The first-order valence-electron chi connectivity index (χ1n) is 9.18. The van der Waals surface area contributed by atoms with Crippen LogP contribution in [0.15, 0.2) is 33.9 Å². The molecule has 6 nitrogen and oxygen atoms in total. The van der Waals surface area contributed by atoms with E-state index in [4.69, 9.17) is 4.74 Å². The molecule has 1 saturated heterocycles. The van der Waals surface area contributed by atoms with Gasteiger partial charge in [0.25, 0.3) is 0 Å². The molecule has 1 fully saturated rings. The first-order chi connectivity index (χ1) is 13.0. The van der Waals surface area contributed by atoms with E-state index in [0.717, 1.165) is 35.2 Å². The number of benzene rings is 1. The molecule has 0 spiro atoms. The van der Waals surface area contributed by atoms with Crippen molar-refractivity contribution in [2.75, 3.05) is 31.2 Å². The Morgan fingerprint density at radius 3 is 2.48 bits per heavy atom. The zero-order chi connectivity index (χ0) is 19.4. The van der Waals surface area contributed by atoms with E-state index in [9.17, 15) is 4.79 Å². The van der Waals surface area contributed by atoms with Gasteiger partial charge in [-0.25, -0.2) is 0 Å². The first kappa shape index (κ1) is 20.4. The van der Waals surface area contributed by atoms with Gasteiger partial charge >= 0.3 is 0 Å². The number of carbonyl (C=O) groups is 1. The Kier molecular flexibility index (Phi) is 6.94. The second-order valence-corrected chi connectivity index (χ2v) is 9.24. The van der Waals surface area contributed by atoms with Gasteiger partial charge in [0, 0.05) is 29.7 Å². The number of morpholine rings is 1. The molecule has 3 rings (SSSR count). The minimum Gasteiger partial charge on any atom is -0.378 e. The van der Waals surface area contributed by atoms with Crippen LogP contribution in [0.25, 0.3) is 0 Å². The molecule has 0 saturated carbocycles. The topological polar surface area (TPSA) is 60.2 Å². The van der Waals surface area contributed by atoms with E-state index in [2.05, 4.69) is 49.4 Å². The maximum Gasteiger partial charge on any atom is 0.228 e. The molecule has 1 aliphatic rings. The average molecular weight is 453 g/mol. The molecular formula is C19H25BrN4O2S. The molecule has 1 atom stereocenters. The van der Waals surface area contributed by atoms with E-state index in [1.807, 2.05) is 31.2 Å². The molecule has 0 radical (unpaired) electrons. The van der Waals surface area contributed by atoms with Crippen molar-refractivity contribution in [3.05, 3.63) is 34.3 Å². The summed E-state index contributed by atoms with van der Waals surface area (Å²) in [7, 11) is 0. The lowest BCUT2D eigenvalue weighted by Gasteiger charge is -2.28. The molecule has 1 aromatic heterocycles. The lowest BCUT2D eigenvalue weighted by atomic mass is 10.1. The molecule has 8 heteroatoms. The van der Waals surface area contributed by atoms with Crippen LogP contribution in [0.3, 0.4) is 0 Å². The summed E-state index contributed by atoms with van der Waals surface area (Å²) in [6.45, 7) is 10.1. The lowest BCUT2D eigenvalue weighted by molar-refractivity contribution is 0.0994. The average Bonchev–Trinajstić information content (AvgIpc) is 3.04. The summed E-state index contributed by atoms with van der Waals surface area (Å²) in [4.78, 5) is 15.0. The van der Waals surface area contributed by atoms with Gasteiger partial charge in [-0.1, -0.05) is 53.7 Å². The van der Waals surface area contributed by atoms with Crippen LogP contribution in [0.4, 0.5) is 5.95 Å². The highest BCUT2D eigenvalue weighted by atomic mass is 79.9. The predicted octanol–water partition coefficient (Wildman–Crippen LogP) is 3.90. The summed E-state index contributed by atoms with van der Waals surface area (Å²) in [5, 5.41) is 9.40. The van der Waals surface area contributed by atoms with Crippen LogP contribution in [-0.2, 0) is 11.3 Å². The summed E-state index contributed by atoms with van der Waals surface area (Å²) in [6, 6.07) is 7.48. The van der Waals surface area contributed by atoms with Crippen LogP contribution in [0.5, 0.6) is 0 Å². The Hall–Kier alpha value is -1.38. The van der Waals surface area contributed by atoms with Gasteiger partial charge in [-0.15, -0.1) is 10.2 Å². The number of nitrogens with zero attached hydrogens (tertiary/aromatic N) is 4. The van der Waals surface area contributed by atoms with Crippen molar-refractivity contribution in [2.24, 2.45) is 5.92 Å². The summed E-state index contributed by atoms with van der Waals surface area (Å²) in [6.07, 6.45) is 0. The second-order valence-electron chi connectivity index (χ2n) is 7.02. The minimum atomic E-state index is -0.237. The molecule has 1 aromatic carbocycles. The van der Waals surface area contributed by atoms with Crippen molar-refractivity contribution in [3.63, 3.8) is 0 Å². The fraction of sp³-hybridized carbons (Fsp3) is 0.526. The molecule has 0 N–H and O–H groups in total. The molecule has 0 bridgehead atoms. The van der Waals surface area contributed by atoms with Crippen molar-refractivity contribution in [1.82, 2.24) is 14.8 Å². The number of rotatable bonds is 7. The number of thioether (sulfide) groups is 1. The van der Waals surface area contributed by atoms with Crippen molar-refractivity contribution in [3.8, 4) is 0 Å². The van der Waals surface area contributed by atoms with E-state index < -0.39 is 0 Å². The number of anilines is 1. The van der Waals surface area contributed by atoms with Crippen LogP contribution in [0, 0.1) is 5.92 Å². The van der Waals surface area contributed by atoms with Crippen molar-refractivity contribution in [1.29, 1.82) is 0 Å². The van der Waals surface area contributed by atoms with Gasteiger partial charge in [-0.3, -0.25) is 9.36 Å². The molecular weight excluding hydrogens is 428 g/mol. The summed E-state index contributed by atoms with van der Waals surface area (Å²) < 4.78 is 8.56. The van der Waals surface area contributed by atoms with Crippen LogP contribution in [0.2, 0.25) is 0 Å². The number of ketones is 1. The van der Waals surface area contributed by atoms with E-state index in [0.29, 0.717) is 24.7 Å². The van der Waals surface area contributed by atoms with Crippen molar-refractivity contribution >= 4 is 39.4 Å². The summed E-state index contributed by atoms with van der Waals surface area (Å²) in [5.74, 6) is 1.43. The molecule has 1 aliphatic heterocycles.